The first kappa shape index (κ1) is 24.0. The van der Waals surface area contributed by atoms with E-state index < -0.39 is 0 Å². The van der Waals surface area contributed by atoms with Crippen LogP contribution in [0.2, 0.25) is 0 Å². The van der Waals surface area contributed by atoms with Gasteiger partial charge in [-0.15, -0.1) is 5.73 Å². The van der Waals surface area contributed by atoms with Crippen molar-refractivity contribution in [1.82, 2.24) is 0 Å². The van der Waals surface area contributed by atoms with Crippen LogP contribution >= 0.6 is 0 Å². The number of hydrogen-bond acceptors (Lipinski definition) is 0. The lowest BCUT2D eigenvalue weighted by Gasteiger charge is -2.21. The summed E-state index contributed by atoms with van der Waals surface area (Å²) in [6.07, 6.45) is 17.3. The summed E-state index contributed by atoms with van der Waals surface area (Å²) >= 11 is 0. The molecule has 0 aliphatic heterocycles. The molecule has 0 aliphatic rings. The van der Waals surface area contributed by atoms with Crippen LogP contribution in [0.5, 0.6) is 0 Å². The van der Waals surface area contributed by atoms with Gasteiger partial charge >= 0.3 is 0 Å². The van der Waals surface area contributed by atoms with Crippen LogP contribution < -0.4 is 0 Å². The highest BCUT2D eigenvalue weighted by atomic mass is 14.2. The lowest BCUT2D eigenvalue weighted by molar-refractivity contribution is 0.373. The van der Waals surface area contributed by atoms with Crippen molar-refractivity contribution in [2.45, 2.75) is 87.0 Å². The fourth-order valence-corrected chi connectivity index (χ4v) is 3.08. The maximum atomic E-state index is 3.68. The van der Waals surface area contributed by atoms with Crippen molar-refractivity contribution in [2.24, 2.45) is 29.6 Å². The summed E-state index contributed by atoms with van der Waals surface area (Å²) in [6.45, 7) is 19.8. The molecule has 0 radical (unpaired) electrons. The highest BCUT2D eigenvalue weighted by Gasteiger charge is 2.14. The van der Waals surface area contributed by atoms with Crippen molar-refractivity contribution < 1.29 is 0 Å². The first-order chi connectivity index (χ1) is 11.8. The zero-order chi connectivity index (χ0) is 19.2. The van der Waals surface area contributed by atoms with Gasteiger partial charge in [0.05, 0.1) is 0 Å². The van der Waals surface area contributed by atoms with Crippen LogP contribution in [-0.2, 0) is 0 Å². The van der Waals surface area contributed by atoms with Gasteiger partial charge in [0.15, 0.2) is 0 Å². The maximum Gasteiger partial charge on any atom is -0.000604 e. The summed E-state index contributed by atoms with van der Waals surface area (Å²) in [5, 5.41) is 0. The predicted octanol–water partition coefficient (Wildman–Crippen LogP) is 8.37. The lowest BCUT2D eigenvalue weighted by Crippen LogP contribution is -2.09. The Kier molecular flexibility index (Phi) is 13.6. The minimum atomic E-state index is 0.444. The van der Waals surface area contributed by atoms with Gasteiger partial charge in [-0.1, -0.05) is 91.2 Å². The van der Waals surface area contributed by atoms with Crippen molar-refractivity contribution in [3.63, 3.8) is 0 Å². The second-order valence-electron chi connectivity index (χ2n) is 8.35. The van der Waals surface area contributed by atoms with Gasteiger partial charge in [-0.3, -0.25) is 0 Å². The molecule has 0 fully saturated rings. The van der Waals surface area contributed by atoms with Gasteiger partial charge in [0.1, 0.15) is 0 Å². The van der Waals surface area contributed by atoms with Gasteiger partial charge in [0, 0.05) is 0 Å². The Morgan fingerprint density at radius 3 is 2.20 bits per heavy atom. The molecule has 0 rings (SSSR count). The SMILES string of the molecule is C=C=CC(C)C=CC(CCCCC)CCC(C)C(C)C=C(C)C(C)C. The molecule has 25 heavy (non-hydrogen) atoms. The van der Waals surface area contributed by atoms with Crippen LogP contribution in [0.25, 0.3) is 0 Å². The molecule has 0 heteroatoms. The van der Waals surface area contributed by atoms with Crippen LogP contribution in [0, 0.1) is 29.6 Å². The third kappa shape index (κ3) is 12.1. The van der Waals surface area contributed by atoms with E-state index in [1.807, 2.05) is 6.08 Å². The molecule has 4 unspecified atom stereocenters. The van der Waals surface area contributed by atoms with E-state index in [1.54, 1.807) is 0 Å². The van der Waals surface area contributed by atoms with E-state index in [0.717, 1.165) is 11.8 Å². The minimum absolute atomic E-state index is 0.444. The van der Waals surface area contributed by atoms with Crippen LogP contribution in [0.1, 0.15) is 87.0 Å². The Hall–Kier alpha value is -1.00. The van der Waals surface area contributed by atoms with Crippen molar-refractivity contribution >= 4 is 0 Å². The fraction of sp³-hybridized carbons (Fsp3) is 0.720. The van der Waals surface area contributed by atoms with Crippen molar-refractivity contribution in [1.29, 1.82) is 0 Å². The van der Waals surface area contributed by atoms with Gasteiger partial charge in [-0.2, -0.15) is 0 Å². The zero-order valence-corrected chi connectivity index (χ0v) is 18.1. The molecule has 0 nitrogen and oxygen atoms in total. The molecule has 4 atom stereocenters. The number of hydrogen-bond donors (Lipinski definition) is 0. The molecule has 0 N–H and O–H groups in total. The average molecular weight is 345 g/mol. The van der Waals surface area contributed by atoms with Gasteiger partial charge in [0.25, 0.3) is 0 Å². The molecule has 0 aromatic heterocycles. The summed E-state index contributed by atoms with van der Waals surface area (Å²) in [5.74, 6) is 3.25. The van der Waals surface area contributed by atoms with Gasteiger partial charge in [-0.25, -0.2) is 0 Å². The molecule has 0 aromatic rings. The van der Waals surface area contributed by atoms with Crippen LogP contribution in [-0.4, -0.2) is 0 Å². The average Bonchev–Trinajstić information content (AvgIpc) is 2.56. The molecule has 144 valence electrons. The van der Waals surface area contributed by atoms with Gasteiger partial charge in [0.2, 0.25) is 0 Å². The summed E-state index contributed by atoms with van der Waals surface area (Å²) < 4.78 is 0. The number of unbranched alkanes of at least 4 members (excludes halogenated alkanes) is 2. The zero-order valence-electron chi connectivity index (χ0n) is 18.1. The molecule has 0 amide bonds. The summed E-state index contributed by atoms with van der Waals surface area (Å²) in [6, 6.07) is 0. The Bertz CT molecular complexity index is 431. The summed E-state index contributed by atoms with van der Waals surface area (Å²) in [5.41, 5.74) is 4.43. The molecular formula is C25H44. The molecule has 0 bridgehead atoms. The van der Waals surface area contributed by atoms with E-state index in [-0.39, 0.29) is 0 Å². The van der Waals surface area contributed by atoms with E-state index in [9.17, 15) is 0 Å². The standard InChI is InChI=1S/C25H44/c1-9-11-12-14-25(17-15-21(5)13-10-2)18-16-22(6)24(8)19-23(7)20(3)4/h13,15,17,19-22,24-25H,2,9,11-12,14,16,18H2,1,3-8H3. The highest BCUT2D eigenvalue weighted by Crippen LogP contribution is 2.26. The molecule has 0 saturated carbocycles. The molecular weight excluding hydrogens is 300 g/mol. The summed E-state index contributed by atoms with van der Waals surface area (Å²) in [7, 11) is 0. The van der Waals surface area contributed by atoms with E-state index in [0.29, 0.717) is 17.8 Å². The van der Waals surface area contributed by atoms with Crippen molar-refractivity contribution in [3.05, 3.63) is 42.2 Å². The normalized spacial score (nSPS) is 17.4. The van der Waals surface area contributed by atoms with E-state index in [2.05, 4.69) is 79.0 Å². The maximum absolute atomic E-state index is 3.68. The van der Waals surface area contributed by atoms with Crippen LogP contribution in [0.3, 0.4) is 0 Å². The van der Waals surface area contributed by atoms with E-state index in [4.69, 9.17) is 0 Å². The number of allylic oxidation sites excluding steroid dienone is 5. The van der Waals surface area contributed by atoms with Crippen LogP contribution in [0.15, 0.2) is 42.2 Å². The minimum Gasteiger partial charge on any atom is -0.132 e. The Morgan fingerprint density at radius 2 is 1.64 bits per heavy atom. The molecule has 0 heterocycles. The second-order valence-corrected chi connectivity index (χ2v) is 8.35. The molecule has 0 spiro atoms. The first-order valence-electron chi connectivity index (χ1n) is 10.5. The second kappa shape index (κ2) is 14.2. The quantitative estimate of drug-likeness (QED) is 0.179. The Labute approximate surface area is 159 Å². The third-order valence-electron chi connectivity index (χ3n) is 5.57. The lowest BCUT2D eigenvalue weighted by atomic mass is 9.84. The Balaban J connectivity index is 4.67. The fourth-order valence-electron chi connectivity index (χ4n) is 3.08. The van der Waals surface area contributed by atoms with E-state index >= 15 is 0 Å². The van der Waals surface area contributed by atoms with Crippen molar-refractivity contribution in [3.8, 4) is 0 Å². The van der Waals surface area contributed by atoms with Gasteiger partial charge < -0.3 is 0 Å². The smallest absolute Gasteiger partial charge is 0.000604 e. The first-order valence-corrected chi connectivity index (χ1v) is 10.5. The van der Waals surface area contributed by atoms with Crippen LogP contribution in [0.4, 0.5) is 0 Å². The molecule has 0 saturated heterocycles. The topological polar surface area (TPSA) is 0 Å². The highest BCUT2D eigenvalue weighted by molar-refractivity contribution is 5.04. The molecule has 0 aliphatic carbocycles. The molecule has 0 aromatic carbocycles. The Morgan fingerprint density at radius 1 is 0.960 bits per heavy atom. The third-order valence-corrected chi connectivity index (χ3v) is 5.57. The monoisotopic (exact) mass is 344 g/mol. The van der Waals surface area contributed by atoms with Crippen molar-refractivity contribution in [2.75, 3.05) is 0 Å². The summed E-state index contributed by atoms with van der Waals surface area (Å²) in [4.78, 5) is 0. The predicted molar refractivity (Wildman–Crippen MR) is 116 cm³/mol. The number of rotatable bonds is 13. The van der Waals surface area contributed by atoms with E-state index in [1.165, 1.54) is 44.1 Å². The van der Waals surface area contributed by atoms with Gasteiger partial charge in [-0.05, 0) is 61.9 Å². The largest absolute Gasteiger partial charge is 0.132 e.